The predicted molar refractivity (Wildman–Crippen MR) is 91.1 cm³/mol. The highest BCUT2D eigenvalue weighted by Gasteiger charge is 2.15. The monoisotopic (exact) mass is 357 g/mol. The highest BCUT2D eigenvalue weighted by atomic mass is 35.5. The molecule has 3 aromatic rings. The summed E-state index contributed by atoms with van der Waals surface area (Å²) in [7, 11) is 0. The van der Waals surface area contributed by atoms with E-state index < -0.39 is 17.8 Å². The SMILES string of the molecule is O=C(NNC(=O)c1ccc(Cl)cc1)NC(=O)c1cc2ccccc2o1. The molecule has 8 heteroatoms. The number of carbonyl (C=O) groups is 3. The number of carbonyl (C=O) groups excluding carboxylic acids is 3. The minimum Gasteiger partial charge on any atom is -0.451 e. The van der Waals surface area contributed by atoms with Gasteiger partial charge in [-0.3, -0.25) is 20.3 Å². The molecule has 0 spiro atoms. The number of halogens is 1. The topological polar surface area (TPSA) is 100 Å². The molecule has 4 amide bonds. The Hall–Kier alpha value is -3.32. The minimum atomic E-state index is -0.896. The summed E-state index contributed by atoms with van der Waals surface area (Å²) in [6, 6.07) is 13.8. The zero-order valence-corrected chi connectivity index (χ0v) is 13.5. The van der Waals surface area contributed by atoms with Gasteiger partial charge in [0.1, 0.15) is 5.58 Å². The molecule has 0 aliphatic heterocycles. The summed E-state index contributed by atoms with van der Waals surface area (Å²) in [5.41, 5.74) is 5.09. The van der Waals surface area contributed by atoms with Crippen molar-refractivity contribution >= 4 is 40.4 Å². The fourth-order valence-electron chi connectivity index (χ4n) is 2.08. The summed E-state index contributed by atoms with van der Waals surface area (Å²) in [6.45, 7) is 0. The van der Waals surface area contributed by atoms with Crippen LogP contribution in [0.25, 0.3) is 11.0 Å². The number of fused-ring (bicyclic) bond motifs is 1. The number of hydrogen-bond acceptors (Lipinski definition) is 4. The summed E-state index contributed by atoms with van der Waals surface area (Å²) < 4.78 is 5.34. The Balaban J connectivity index is 1.55. The van der Waals surface area contributed by atoms with E-state index >= 15 is 0 Å². The van der Waals surface area contributed by atoms with Crippen LogP contribution in [0.3, 0.4) is 0 Å². The molecule has 0 unspecified atom stereocenters. The number of amides is 4. The van der Waals surface area contributed by atoms with Gasteiger partial charge in [-0.2, -0.15) is 0 Å². The molecule has 2 aromatic carbocycles. The average molecular weight is 358 g/mol. The van der Waals surface area contributed by atoms with Gasteiger partial charge in [0.05, 0.1) is 0 Å². The van der Waals surface area contributed by atoms with Crippen LogP contribution in [0, 0.1) is 0 Å². The second-order valence-electron chi connectivity index (χ2n) is 5.02. The summed E-state index contributed by atoms with van der Waals surface area (Å²) in [5.74, 6) is -1.29. The minimum absolute atomic E-state index is 0.0135. The molecule has 0 aliphatic rings. The van der Waals surface area contributed by atoms with Gasteiger partial charge in [0.15, 0.2) is 5.76 Å². The van der Waals surface area contributed by atoms with Crippen LogP contribution in [-0.2, 0) is 0 Å². The molecule has 0 aliphatic carbocycles. The molecule has 25 heavy (non-hydrogen) atoms. The normalized spacial score (nSPS) is 10.3. The highest BCUT2D eigenvalue weighted by Crippen LogP contribution is 2.18. The van der Waals surface area contributed by atoms with E-state index in [1.807, 2.05) is 0 Å². The van der Waals surface area contributed by atoms with E-state index in [0.29, 0.717) is 16.2 Å². The molecule has 0 saturated carbocycles. The highest BCUT2D eigenvalue weighted by molar-refractivity contribution is 6.30. The van der Waals surface area contributed by atoms with E-state index in [0.717, 1.165) is 5.39 Å². The van der Waals surface area contributed by atoms with Crippen molar-refractivity contribution in [3.8, 4) is 0 Å². The second-order valence-corrected chi connectivity index (χ2v) is 5.45. The van der Waals surface area contributed by atoms with Crippen molar-refractivity contribution in [2.24, 2.45) is 0 Å². The largest absolute Gasteiger partial charge is 0.451 e. The number of urea groups is 1. The van der Waals surface area contributed by atoms with Crippen molar-refractivity contribution in [2.75, 3.05) is 0 Å². The molecule has 1 heterocycles. The number of imide groups is 1. The number of hydrogen-bond donors (Lipinski definition) is 3. The molecule has 0 atom stereocenters. The fourth-order valence-corrected chi connectivity index (χ4v) is 2.20. The van der Waals surface area contributed by atoms with Crippen LogP contribution in [0.5, 0.6) is 0 Å². The fraction of sp³-hybridized carbons (Fsp3) is 0. The Morgan fingerprint density at radius 2 is 1.60 bits per heavy atom. The third kappa shape index (κ3) is 3.96. The van der Waals surface area contributed by atoms with Gasteiger partial charge in [0.2, 0.25) is 0 Å². The molecule has 3 rings (SSSR count). The van der Waals surface area contributed by atoms with Crippen LogP contribution < -0.4 is 16.2 Å². The zero-order chi connectivity index (χ0) is 17.8. The van der Waals surface area contributed by atoms with E-state index in [4.69, 9.17) is 16.0 Å². The first-order valence-electron chi connectivity index (χ1n) is 7.19. The van der Waals surface area contributed by atoms with Crippen LogP contribution >= 0.6 is 11.6 Å². The van der Waals surface area contributed by atoms with Gasteiger partial charge in [-0.05, 0) is 36.4 Å². The Morgan fingerprint density at radius 3 is 2.32 bits per heavy atom. The average Bonchev–Trinajstić information content (AvgIpc) is 3.04. The lowest BCUT2D eigenvalue weighted by molar-refractivity contribution is 0.0909. The van der Waals surface area contributed by atoms with Crippen molar-refractivity contribution in [2.45, 2.75) is 0 Å². The summed E-state index contributed by atoms with van der Waals surface area (Å²) in [5, 5.41) is 3.28. The van der Waals surface area contributed by atoms with Gasteiger partial charge in [0.25, 0.3) is 11.8 Å². The molecule has 0 bridgehead atoms. The maximum absolute atomic E-state index is 12.0. The predicted octanol–water partition coefficient (Wildman–Crippen LogP) is 2.87. The third-order valence-corrected chi connectivity index (χ3v) is 3.52. The molecule has 126 valence electrons. The lowest BCUT2D eigenvalue weighted by atomic mass is 10.2. The molecule has 1 aromatic heterocycles. The van der Waals surface area contributed by atoms with Gasteiger partial charge in [-0.1, -0.05) is 29.8 Å². The molecule has 3 N–H and O–H groups in total. The Morgan fingerprint density at radius 1 is 0.880 bits per heavy atom. The van der Waals surface area contributed by atoms with E-state index in [1.165, 1.54) is 18.2 Å². The lowest BCUT2D eigenvalue weighted by Gasteiger charge is -2.07. The van der Waals surface area contributed by atoms with Crippen molar-refractivity contribution in [3.05, 3.63) is 70.9 Å². The van der Waals surface area contributed by atoms with E-state index in [2.05, 4.69) is 16.2 Å². The Bertz CT molecular complexity index is 917. The van der Waals surface area contributed by atoms with Gasteiger partial charge < -0.3 is 4.42 Å². The smallest absolute Gasteiger partial charge is 0.340 e. The maximum Gasteiger partial charge on any atom is 0.340 e. The van der Waals surface area contributed by atoms with Crippen LogP contribution in [-0.4, -0.2) is 17.8 Å². The van der Waals surface area contributed by atoms with Gasteiger partial charge in [0, 0.05) is 16.0 Å². The molecule has 7 nitrogen and oxygen atoms in total. The molecule has 0 radical (unpaired) electrons. The molecular formula is C17H12ClN3O4. The third-order valence-electron chi connectivity index (χ3n) is 3.27. The van der Waals surface area contributed by atoms with Crippen molar-refractivity contribution in [1.82, 2.24) is 16.2 Å². The van der Waals surface area contributed by atoms with E-state index in [-0.39, 0.29) is 5.76 Å². The Labute approximate surface area is 146 Å². The number of rotatable bonds is 2. The summed E-state index contributed by atoms with van der Waals surface area (Å²) in [4.78, 5) is 35.5. The van der Waals surface area contributed by atoms with Crippen LogP contribution in [0.4, 0.5) is 4.79 Å². The second kappa shape index (κ2) is 7.06. The number of hydrazine groups is 1. The van der Waals surface area contributed by atoms with Crippen molar-refractivity contribution in [1.29, 1.82) is 0 Å². The first-order chi connectivity index (χ1) is 12.0. The van der Waals surface area contributed by atoms with Gasteiger partial charge in [-0.15, -0.1) is 0 Å². The quantitative estimate of drug-likeness (QED) is 0.614. The lowest BCUT2D eigenvalue weighted by Crippen LogP contribution is -2.48. The Kier molecular flexibility index (Phi) is 4.67. The summed E-state index contributed by atoms with van der Waals surface area (Å²) >= 11 is 5.73. The standard InChI is InChI=1S/C17H12ClN3O4/c18-12-7-5-10(6-8-12)15(22)20-21-17(24)19-16(23)14-9-11-3-1-2-4-13(11)25-14/h1-9H,(H,20,22)(H2,19,21,23,24). The first kappa shape index (κ1) is 16.5. The van der Waals surface area contributed by atoms with Crippen molar-refractivity contribution in [3.63, 3.8) is 0 Å². The molecular weight excluding hydrogens is 346 g/mol. The molecule has 0 saturated heterocycles. The number of para-hydroxylation sites is 1. The van der Waals surface area contributed by atoms with Crippen LogP contribution in [0.1, 0.15) is 20.9 Å². The number of benzene rings is 2. The van der Waals surface area contributed by atoms with Gasteiger partial charge >= 0.3 is 6.03 Å². The number of nitrogens with one attached hydrogen (secondary N) is 3. The zero-order valence-electron chi connectivity index (χ0n) is 12.7. The van der Waals surface area contributed by atoms with Crippen LogP contribution in [0.2, 0.25) is 5.02 Å². The van der Waals surface area contributed by atoms with E-state index in [1.54, 1.807) is 36.4 Å². The number of furan rings is 1. The van der Waals surface area contributed by atoms with Gasteiger partial charge in [-0.25, -0.2) is 10.2 Å². The van der Waals surface area contributed by atoms with Crippen LogP contribution in [0.15, 0.2) is 59.0 Å². The molecule has 0 fully saturated rings. The van der Waals surface area contributed by atoms with Crippen molar-refractivity contribution < 1.29 is 18.8 Å². The first-order valence-corrected chi connectivity index (χ1v) is 7.56. The van der Waals surface area contributed by atoms with E-state index in [9.17, 15) is 14.4 Å². The maximum atomic E-state index is 12.0. The summed E-state index contributed by atoms with van der Waals surface area (Å²) in [6.07, 6.45) is 0.